The molecule has 0 saturated carbocycles. The highest BCUT2D eigenvalue weighted by atomic mass is 32.2. The molecule has 0 unspecified atom stereocenters. The zero-order valence-electron chi connectivity index (χ0n) is 15.8. The minimum absolute atomic E-state index is 0.0276. The van der Waals surface area contributed by atoms with E-state index in [1.54, 1.807) is 6.07 Å². The van der Waals surface area contributed by atoms with Crippen LogP contribution in [0.15, 0.2) is 50.9 Å². The van der Waals surface area contributed by atoms with Crippen molar-refractivity contribution in [3.05, 3.63) is 52.7 Å². The van der Waals surface area contributed by atoms with E-state index in [1.807, 2.05) is 13.8 Å². The van der Waals surface area contributed by atoms with Gasteiger partial charge in [-0.05, 0) is 24.5 Å². The summed E-state index contributed by atoms with van der Waals surface area (Å²) >= 11 is 0. The van der Waals surface area contributed by atoms with Gasteiger partial charge in [0.2, 0.25) is 0 Å². The maximum atomic E-state index is 12.6. The Kier molecular flexibility index (Phi) is 4.58. The van der Waals surface area contributed by atoms with Crippen molar-refractivity contribution in [2.75, 3.05) is 5.32 Å². The first-order chi connectivity index (χ1) is 13.8. The molecular formula is C19H19N5O4S. The van der Waals surface area contributed by atoms with Gasteiger partial charge in [-0.25, -0.2) is 4.98 Å². The van der Waals surface area contributed by atoms with Crippen LogP contribution < -0.4 is 10.9 Å². The average molecular weight is 413 g/mol. The van der Waals surface area contributed by atoms with Crippen LogP contribution in [0.2, 0.25) is 0 Å². The second-order valence-electron chi connectivity index (χ2n) is 7.17. The van der Waals surface area contributed by atoms with Crippen molar-refractivity contribution in [1.82, 2.24) is 14.5 Å². The zero-order chi connectivity index (χ0) is 20.8. The summed E-state index contributed by atoms with van der Waals surface area (Å²) in [4.78, 5) is 20.5. The SMILES string of the molecule is CC(C)CCn1c(=O)cc(O)c2c(C3=NS(=O)(=O)c4cnccc4N3)ccnc21. The Morgan fingerprint density at radius 3 is 2.79 bits per heavy atom. The van der Waals surface area contributed by atoms with Gasteiger partial charge >= 0.3 is 0 Å². The highest BCUT2D eigenvalue weighted by Crippen LogP contribution is 2.31. The van der Waals surface area contributed by atoms with E-state index >= 15 is 0 Å². The van der Waals surface area contributed by atoms with Crippen molar-refractivity contribution in [2.24, 2.45) is 10.3 Å². The Morgan fingerprint density at radius 1 is 1.24 bits per heavy atom. The van der Waals surface area contributed by atoms with Crippen LogP contribution in [0.3, 0.4) is 0 Å². The Hall–Kier alpha value is -3.27. The smallest absolute Gasteiger partial charge is 0.287 e. The molecule has 0 atom stereocenters. The molecule has 0 radical (unpaired) electrons. The lowest BCUT2D eigenvalue weighted by atomic mass is 10.1. The summed E-state index contributed by atoms with van der Waals surface area (Å²) in [6.45, 7) is 4.52. The number of amidine groups is 1. The Bertz CT molecular complexity index is 1310. The molecule has 0 amide bonds. The fourth-order valence-electron chi connectivity index (χ4n) is 3.21. The number of hydrogen-bond acceptors (Lipinski definition) is 7. The first kappa shape index (κ1) is 19.1. The normalized spacial score (nSPS) is 15.1. The lowest BCUT2D eigenvalue weighted by molar-refractivity contribution is 0.474. The Labute approximate surface area is 166 Å². The minimum Gasteiger partial charge on any atom is -0.507 e. The number of rotatable bonds is 4. The molecule has 0 aliphatic carbocycles. The van der Waals surface area contributed by atoms with Crippen LogP contribution in [0, 0.1) is 5.92 Å². The standard InChI is InChI=1S/C19H19N5O4S/c1-11(2)5-8-24-16(26)9-14(25)17-12(3-7-21-19(17)24)18-22-13-4-6-20-10-15(13)29(27,28)23-18/h3-4,6-7,9-11,25H,5,8H2,1-2H3,(H,22,23). The summed E-state index contributed by atoms with van der Waals surface area (Å²) in [5.41, 5.74) is 0.567. The molecule has 2 N–H and O–H groups in total. The third kappa shape index (κ3) is 3.35. The fraction of sp³-hybridized carbons (Fsp3) is 0.263. The van der Waals surface area contributed by atoms with Gasteiger partial charge in [0, 0.05) is 36.8 Å². The van der Waals surface area contributed by atoms with Crippen LogP contribution >= 0.6 is 0 Å². The molecule has 0 fully saturated rings. The van der Waals surface area contributed by atoms with Gasteiger partial charge < -0.3 is 10.4 Å². The predicted octanol–water partition coefficient (Wildman–Crippen LogP) is 2.10. The van der Waals surface area contributed by atoms with E-state index in [0.717, 1.165) is 12.5 Å². The van der Waals surface area contributed by atoms with Gasteiger partial charge in [-0.15, -0.1) is 4.40 Å². The van der Waals surface area contributed by atoms with E-state index in [2.05, 4.69) is 19.7 Å². The minimum atomic E-state index is -3.97. The van der Waals surface area contributed by atoms with Crippen molar-refractivity contribution in [3.8, 4) is 5.75 Å². The van der Waals surface area contributed by atoms with Crippen molar-refractivity contribution in [3.63, 3.8) is 0 Å². The molecule has 4 heterocycles. The lowest BCUT2D eigenvalue weighted by Gasteiger charge is -2.19. The number of hydrogen-bond donors (Lipinski definition) is 2. The molecule has 0 saturated heterocycles. The number of anilines is 1. The third-order valence-electron chi connectivity index (χ3n) is 4.68. The zero-order valence-corrected chi connectivity index (χ0v) is 16.6. The number of nitrogens with one attached hydrogen (secondary N) is 1. The van der Waals surface area contributed by atoms with Crippen LogP contribution in [-0.4, -0.2) is 33.9 Å². The van der Waals surface area contributed by atoms with Gasteiger partial charge in [-0.1, -0.05) is 13.8 Å². The average Bonchev–Trinajstić information content (AvgIpc) is 2.66. The number of fused-ring (bicyclic) bond motifs is 2. The third-order valence-corrected chi connectivity index (χ3v) is 5.99. The van der Waals surface area contributed by atoms with E-state index in [-0.39, 0.29) is 33.1 Å². The van der Waals surface area contributed by atoms with E-state index in [0.29, 0.717) is 23.7 Å². The molecule has 4 rings (SSSR count). The molecule has 150 valence electrons. The van der Waals surface area contributed by atoms with E-state index in [1.165, 1.54) is 29.2 Å². The highest BCUT2D eigenvalue weighted by Gasteiger charge is 2.27. The number of aromatic nitrogens is 3. The van der Waals surface area contributed by atoms with Gasteiger partial charge in [-0.3, -0.25) is 14.3 Å². The van der Waals surface area contributed by atoms with E-state index in [9.17, 15) is 18.3 Å². The van der Waals surface area contributed by atoms with Gasteiger partial charge in [0.1, 0.15) is 16.3 Å². The number of aryl methyl sites for hydroxylation is 1. The second kappa shape index (κ2) is 6.96. The Balaban J connectivity index is 1.93. The van der Waals surface area contributed by atoms with Gasteiger partial charge in [0.15, 0.2) is 5.84 Å². The molecule has 1 aliphatic rings. The topological polar surface area (TPSA) is 127 Å². The van der Waals surface area contributed by atoms with Crippen molar-refractivity contribution in [2.45, 2.75) is 31.7 Å². The molecule has 10 heteroatoms. The maximum Gasteiger partial charge on any atom is 0.287 e. The van der Waals surface area contributed by atoms with Crippen LogP contribution in [0.5, 0.6) is 5.75 Å². The van der Waals surface area contributed by atoms with Gasteiger partial charge in [-0.2, -0.15) is 8.42 Å². The number of aromatic hydroxyl groups is 1. The van der Waals surface area contributed by atoms with Crippen molar-refractivity contribution >= 4 is 32.6 Å². The molecule has 9 nitrogen and oxygen atoms in total. The highest BCUT2D eigenvalue weighted by molar-refractivity contribution is 7.90. The first-order valence-electron chi connectivity index (χ1n) is 9.06. The molecule has 0 spiro atoms. The monoisotopic (exact) mass is 413 g/mol. The first-order valence-corrected chi connectivity index (χ1v) is 10.5. The summed E-state index contributed by atoms with van der Waals surface area (Å²) in [7, 11) is -3.97. The molecule has 3 aromatic heterocycles. The fourth-order valence-corrected chi connectivity index (χ4v) is 4.28. The molecule has 29 heavy (non-hydrogen) atoms. The Morgan fingerprint density at radius 2 is 2.03 bits per heavy atom. The second-order valence-corrected chi connectivity index (χ2v) is 8.74. The lowest BCUT2D eigenvalue weighted by Crippen LogP contribution is -2.25. The van der Waals surface area contributed by atoms with Crippen LogP contribution in [-0.2, 0) is 16.6 Å². The quantitative estimate of drug-likeness (QED) is 0.671. The summed E-state index contributed by atoms with van der Waals surface area (Å²) in [6, 6.07) is 4.19. The number of nitrogens with zero attached hydrogens (tertiary/aromatic N) is 4. The van der Waals surface area contributed by atoms with Crippen molar-refractivity contribution < 1.29 is 13.5 Å². The molecule has 0 aromatic carbocycles. The summed E-state index contributed by atoms with van der Waals surface area (Å²) in [6.07, 6.45) is 4.90. The summed E-state index contributed by atoms with van der Waals surface area (Å²) < 4.78 is 30.5. The van der Waals surface area contributed by atoms with Crippen LogP contribution in [0.1, 0.15) is 25.8 Å². The molecular weight excluding hydrogens is 394 g/mol. The molecule has 3 aromatic rings. The van der Waals surface area contributed by atoms with Crippen LogP contribution in [0.25, 0.3) is 11.0 Å². The predicted molar refractivity (Wildman–Crippen MR) is 109 cm³/mol. The summed E-state index contributed by atoms with van der Waals surface area (Å²) in [5.74, 6) is 0.130. The number of pyridine rings is 3. The van der Waals surface area contributed by atoms with Crippen LogP contribution in [0.4, 0.5) is 5.69 Å². The van der Waals surface area contributed by atoms with Gasteiger partial charge in [0.05, 0.1) is 11.1 Å². The maximum absolute atomic E-state index is 12.6. The molecule has 1 aliphatic heterocycles. The summed E-state index contributed by atoms with van der Waals surface area (Å²) in [5, 5.41) is 13.7. The van der Waals surface area contributed by atoms with E-state index < -0.39 is 10.0 Å². The number of sulfonamides is 1. The largest absolute Gasteiger partial charge is 0.507 e. The molecule has 0 bridgehead atoms. The van der Waals surface area contributed by atoms with Gasteiger partial charge in [0.25, 0.3) is 15.6 Å². The van der Waals surface area contributed by atoms with E-state index in [4.69, 9.17) is 0 Å². The van der Waals surface area contributed by atoms with Crippen molar-refractivity contribution in [1.29, 1.82) is 0 Å².